The van der Waals surface area contributed by atoms with Crippen LogP contribution in [-0.4, -0.2) is 146 Å². The number of aliphatic hydroxyl groups excluding tert-OH is 1. The van der Waals surface area contributed by atoms with E-state index >= 15 is 0 Å². The van der Waals surface area contributed by atoms with Crippen LogP contribution in [0.2, 0.25) is 0 Å². The number of carbonyl (C=O) groups excluding carboxylic acids is 5. The Morgan fingerprint density at radius 2 is 1.50 bits per heavy atom. The maximum Gasteiger partial charge on any atom is 0.410 e. The van der Waals surface area contributed by atoms with Crippen LogP contribution >= 0.6 is 0 Å². The number of esters is 1. The summed E-state index contributed by atoms with van der Waals surface area (Å²) >= 11 is 0. The Morgan fingerprint density at radius 1 is 0.883 bits per heavy atom. The van der Waals surface area contributed by atoms with Crippen LogP contribution in [0.25, 0.3) is 0 Å². The monoisotopic (exact) mass is 848 g/mol. The van der Waals surface area contributed by atoms with Gasteiger partial charge in [-0.25, -0.2) is 9.59 Å². The van der Waals surface area contributed by atoms with Gasteiger partial charge in [0.15, 0.2) is 0 Å². The van der Waals surface area contributed by atoms with E-state index in [-0.39, 0.29) is 48.5 Å². The first-order valence-corrected chi connectivity index (χ1v) is 21.5. The normalized spacial score (nSPS) is 19.3. The van der Waals surface area contributed by atoms with Gasteiger partial charge in [0, 0.05) is 53.7 Å². The predicted octanol–water partition coefficient (Wildman–Crippen LogP) is 4.63. The lowest BCUT2D eigenvalue weighted by atomic mass is 9.89. The molecule has 2 rings (SSSR count). The molecule has 10 atom stereocenters. The van der Waals surface area contributed by atoms with Crippen molar-refractivity contribution in [2.24, 2.45) is 23.7 Å². The van der Waals surface area contributed by atoms with E-state index in [4.69, 9.17) is 18.9 Å². The Kier molecular flexibility index (Phi) is 20.9. The molecule has 0 radical (unpaired) electrons. The Labute approximate surface area is 359 Å². The topological polar surface area (TPSA) is 176 Å². The number of carbonyl (C=O) groups is 5. The van der Waals surface area contributed by atoms with Crippen LogP contribution in [0.3, 0.4) is 0 Å². The highest BCUT2D eigenvalue weighted by Crippen LogP contribution is 2.31. The highest BCUT2D eigenvalue weighted by molar-refractivity contribution is 5.91. The molecule has 1 aromatic carbocycles. The number of hydrogen-bond donors (Lipinski definition) is 3. The molecule has 0 bridgehead atoms. The van der Waals surface area contributed by atoms with Gasteiger partial charge in [0.25, 0.3) is 0 Å². The number of nitrogens with one attached hydrogen (secondary N) is 2. The number of likely N-dealkylation sites (tertiary alicyclic amines) is 1. The molecule has 1 aliphatic rings. The summed E-state index contributed by atoms with van der Waals surface area (Å²) < 4.78 is 22.6. The van der Waals surface area contributed by atoms with Gasteiger partial charge in [0.05, 0.1) is 31.3 Å². The summed E-state index contributed by atoms with van der Waals surface area (Å²) in [6.07, 6.45) is -0.347. The van der Waals surface area contributed by atoms with Gasteiger partial charge in [0.1, 0.15) is 30.0 Å². The Morgan fingerprint density at radius 3 is 2.00 bits per heavy atom. The summed E-state index contributed by atoms with van der Waals surface area (Å²) in [5.41, 5.74) is 0.117. The molecule has 1 fully saturated rings. The molecule has 1 saturated heterocycles. The predicted molar refractivity (Wildman–Crippen MR) is 231 cm³/mol. The molecule has 4 amide bonds. The average molecular weight is 848 g/mol. The van der Waals surface area contributed by atoms with Crippen molar-refractivity contribution in [1.29, 1.82) is 0 Å². The number of hydrogen-bond acceptors (Lipinski definition) is 11. The fourth-order valence-electron chi connectivity index (χ4n) is 8.32. The smallest absolute Gasteiger partial charge is 0.410 e. The minimum absolute atomic E-state index is 0.0650. The third-order valence-corrected chi connectivity index (χ3v) is 11.7. The maximum absolute atomic E-state index is 14.5. The molecule has 15 nitrogen and oxygen atoms in total. The fourth-order valence-corrected chi connectivity index (χ4v) is 8.32. The second-order valence-corrected chi connectivity index (χ2v) is 18.0. The summed E-state index contributed by atoms with van der Waals surface area (Å²) in [7, 11) is 7.61. The number of benzene rings is 1. The van der Waals surface area contributed by atoms with E-state index in [0.717, 1.165) is 12.0 Å². The molecule has 1 heterocycles. The van der Waals surface area contributed by atoms with Gasteiger partial charge < -0.3 is 39.6 Å². The molecule has 60 heavy (non-hydrogen) atoms. The molecule has 1 aromatic rings. The van der Waals surface area contributed by atoms with Crippen LogP contribution in [0.15, 0.2) is 30.3 Å². The van der Waals surface area contributed by atoms with Crippen molar-refractivity contribution >= 4 is 29.8 Å². The quantitative estimate of drug-likeness (QED) is 0.139. The highest BCUT2D eigenvalue weighted by atomic mass is 16.6. The van der Waals surface area contributed by atoms with Gasteiger partial charge >= 0.3 is 12.1 Å². The highest BCUT2D eigenvalue weighted by Gasteiger charge is 2.44. The number of amides is 4. The number of aliphatic hydroxyl groups is 1. The van der Waals surface area contributed by atoms with Crippen LogP contribution in [0, 0.1) is 23.7 Å². The molecule has 342 valence electrons. The van der Waals surface area contributed by atoms with Gasteiger partial charge in [-0.3, -0.25) is 24.2 Å². The van der Waals surface area contributed by atoms with Crippen LogP contribution in [0.5, 0.6) is 0 Å². The second kappa shape index (κ2) is 24.0. The summed E-state index contributed by atoms with van der Waals surface area (Å²) in [6.45, 7) is 19.0. The van der Waals surface area contributed by atoms with Gasteiger partial charge in [0.2, 0.25) is 17.7 Å². The lowest BCUT2D eigenvalue weighted by Crippen LogP contribution is -2.60. The molecule has 0 aliphatic carbocycles. The van der Waals surface area contributed by atoms with Crippen molar-refractivity contribution < 1.29 is 48.0 Å². The largest absolute Gasteiger partial charge is 0.467 e. The van der Waals surface area contributed by atoms with E-state index in [0.29, 0.717) is 19.4 Å². The number of nitrogens with zero attached hydrogens (tertiary/aromatic N) is 3. The Hall–Kier alpha value is -3.79. The lowest BCUT2D eigenvalue weighted by molar-refractivity contribution is -0.148. The summed E-state index contributed by atoms with van der Waals surface area (Å²) in [5, 5.41) is 17.8. The molecule has 1 aliphatic heterocycles. The number of ether oxygens (including phenoxy) is 4. The Balaban J connectivity index is 2.31. The van der Waals surface area contributed by atoms with Crippen LogP contribution in [-0.2, 0) is 44.5 Å². The molecular formula is C45H77N5O10. The van der Waals surface area contributed by atoms with Gasteiger partial charge in [-0.1, -0.05) is 85.2 Å². The fraction of sp³-hybridized carbons (Fsp3) is 0.756. The SMILES string of the molecule is CC[C@H](C)[C@@H]([C@@H](CC(O)N1CCC[C@H]1[C@H](OC)[C@@H](C)C(=O)N[C@@H](Cc1ccccc1)C(=O)OC)OC)N(C)C(=O)[C@@H](NC(=O)[C@H](C(C)C)N(C)C(=O)OC(C)(C)C)C(C)C. The third-order valence-electron chi connectivity index (χ3n) is 11.7. The molecule has 3 N–H and O–H groups in total. The molecule has 15 heteroatoms. The lowest BCUT2D eigenvalue weighted by Gasteiger charge is -2.42. The van der Waals surface area contributed by atoms with Gasteiger partial charge in [-0.15, -0.1) is 0 Å². The van der Waals surface area contributed by atoms with Crippen molar-refractivity contribution in [3.63, 3.8) is 0 Å². The van der Waals surface area contributed by atoms with Crippen molar-refractivity contribution in [1.82, 2.24) is 25.3 Å². The van der Waals surface area contributed by atoms with E-state index in [1.165, 1.54) is 19.1 Å². The van der Waals surface area contributed by atoms with E-state index in [1.807, 2.05) is 76.8 Å². The third kappa shape index (κ3) is 14.4. The zero-order chi connectivity index (χ0) is 45.6. The van der Waals surface area contributed by atoms with E-state index < -0.39 is 72.1 Å². The zero-order valence-electron chi connectivity index (χ0n) is 39.0. The average Bonchev–Trinajstić information content (AvgIpc) is 3.68. The van der Waals surface area contributed by atoms with E-state index in [1.54, 1.807) is 53.9 Å². The summed E-state index contributed by atoms with van der Waals surface area (Å²) in [5.74, 6) is -3.05. The summed E-state index contributed by atoms with van der Waals surface area (Å²) in [6, 6.07) is 5.84. The van der Waals surface area contributed by atoms with Gasteiger partial charge in [-0.2, -0.15) is 0 Å². The number of methoxy groups -OCH3 is 3. The van der Waals surface area contributed by atoms with Crippen molar-refractivity contribution in [3.8, 4) is 0 Å². The molecule has 1 unspecified atom stereocenters. The minimum Gasteiger partial charge on any atom is -0.467 e. The molecule has 0 saturated carbocycles. The van der Waals surface area contributed by atoms with Crippen LogP contribution in [0.1, 0.15) is 100 Å². The van der Waals surface area contributed by atoms with Gasteiger partial charge in [-0.05, 0) is 56.9 Å². The van der Waals surface area contributed by atoms with E-state index in [9.17, 15) is 29.1 Å². The first-order valence-electron chi connectivity index (χ1n) is 21.5. The standard InChI is InChI=1S/C45H77N5O10/c1-16-29(6)38(48(11)42(54)36(27(2)3)47-41(53)37(28(4)5)49(12)44(56)60-45(8,9)10)34(57-13)26-35(51)50-24-20-23-33(50)39(58-14)30(7)40(52)46-32(43(55)59-15)25-31-21-18-17-19-22-31/h17-19,21-22,27-30,32-39,51H,16,20,23-26H2,1-15H3,(H,46,52)(H,47,53)/t29-,30+,32-,33-,34+,35?,36-,37-,38-,39+/m0/s1. The minimum atomic E-state index is -1.01. The van der Waals surface area contributed by atoms with Crippen LogP contribution < -0.4 is 10.6 Å². The maximum atomic E-state index is 14.5. The Bertz CT molecular complexity index is 1520. The first kappa shape index (κ1) is 52.3. The van der Waals surface area contributed by atoms with Crippen molar-refractivity contribution in [3.05, 3.63) is 35.9 Å². The van der Waals surface area contributed by atoms with E-state index in [2.05, 4.69) is 10.6 Å². The molecule has 0 aromatic heterocycles. The van der Waals surface area contributed by atoms with Crippen molar-refractivity contribution in [2.75, 3.05) is 42.0 Å². The second-order valence-electron chi connectivity index (χ2n) is 18.0. The zero-order valence-corrected chi connectivity index (χ0v) is 39.0. The number of rotatable bonds is 22. The first-order chi connectivity index (χ1) is 28.0. The van der Waals surface area contributed by atoms with Crippen molar-refractivity contribution in [2.45, 2.75) is 156 Å². The van der Waals surface area contributed by atoms with Crippen LogP contribution in [0.4, 0.5) is 4.79 Å². The molecule has 0 spiro atoms. The summed E-state index contributed by atoms with van der Waals surface area (Å²) in [4.78, 5) is 72.7. The molecular weight excluding hydrogens is 771 g/mol. The number of likely N-dealkylation sites (N-methyl/N-ethyl adjacent to an activating group) is 2.